The molecule has 0 radical (unpaired) electrons. The highest BCUT2D eigenvalue weighted by Crippen LogP contribution is 2.25. The zero-order valence-electron chi connectivity index (χ0n) is 15.5. The first-order valence-corrected chi connectivity index (χ1v) is 11.9. The van der Waals surface area contributed by atoms with E-state index in [-0.39, 0.29) is 22.8 Å². The molecule has 1 unspecified atom stereocenters. The molecule has 7 nitrogen and oxygen atoms in total. The van der Waals surface area contributed by atoms with Crippen molar-refractivity contribution in [3.63, 3.8) is 0 Å². The number of nitrogens with zero attached hydrogens (tertiary/aromatic N) is 1. The Labute approximate surface area is 186 Å². The van der Waals surface area contributed by atoms with Gasteiger partial charge in [-0.2, -0.15) is 0 Å². The van der Waals surface area contributed by atoms with Crippen molar-refractivity contribution in [2.24, 2.45) is 0 Å². The third-order valence-electron chi connectivity index (χ3n) is 4.57. The molecule has 2 amide bonds. The van der Waals surface area contributed by atoms with Crippen molar-refractivity contribution in [1.82, 2.24) is 9.62 Å². The number of amides is 2. The van der Waals surface area contributed by atoms with Crippen molar-refractivity contribution in [1.29, 1.82) is 0 Å². The molecular weight excluding hydrogens is 526 g/mol. The number of anilines is 1. The highest BCUT2D eigenvalue weighted by atomic mass is 79.9. The van der Waals surface area contributed by atoms with E-state index in [1.807, 2.05) is 0 Å². The standard InChI is InChI=1S/C19H19Br2N3O4S/c1-24-9-8-15(11-18(24)25)23-29(27,28)17-10-12(2-7-16(17)21)19(26)22-14-5-3-13(20)4-6-14/h2-7,10,15,23H,8-9,11H2,1H3,(H,22,26). The van der Waals surface area contributed by atoms with Crippen molar-refractivity contribution in [2.45, 2.75) is 23.8 Å². The molecule has 29 heavy (non-hydrogen) atoms. The van der Waals surface area contributed by atoms with E-state index >= 15 is 0 Å². The van der Waals surface area contributed by atoms with E-state index in [1.165, 1.54) is 18.2 Å². The minimum atomic E-state index is -3.92. The number of likely N-dealkylation sites (tertiary alicyclic amines) is 1. The van der Waals surface area contributed by atoms with Gasteiger partial charge in [-0.15, -0.1) is 0 Å². The first kappa shape index (κ1) is 21.9. The van der Waals surface area contributed by atoms with Crippen LogP contribution in [0.5, 0.6) is 0 Å². The number of benzene rings is 2. The van der Waals surface area contributed by atoms with Crippen LogP contribution in [0.1, 0.15) is 23.2 Å². The maximum atomic E-state index is 12.9. The van der Waals surface area contributed by atoms with Crippen molar-refractivity contribution in [3.05, 3.63) is 57.0 Å². The second kappa shape index (κ2) is 8.95. The molecular formula is C19H19Br2N3O4S. The molecule has 2 aromatic carbocycles. The Hall–Kier alpha value is -1.75. The summed E-state index contributed by atoms with van der Waals surface area (Å²) in [5.41, 5.74) is 0.796. The van der Waals surface area contributed by atoms with Crippen LogP contribution in [0.3, 0.4) is 0 Å². The van der Waals surface area contributed by atoms with Crippen LogP contribution in [-0.2, 0) is 14.8 Å². The molecule has 1 fully saturated rings. The summed E-state index contributed by atoms with van der Waals surface area (Å²) in [6.45, 7) is 0.489. The molecule has 154 valence electrons. The van der Waals surface area contributed by atoms with Crippen LogP contribution in [0.2, 0.25) is 0 Å². The van der Waals surface area contributed by atoms with Gasteiger partial charge < -0.3 is 10.2 Å². The highest BCUT2D eigenvalue weighted by Gasteiger charge is 2.29. The predicted octanol–water partition coefficient (Wildman–Crippen LogP) is 3.36. The Bertz CT molecular complexity index is 1040. The first-order chi connectivity index (χ1) is 13.7. The Morgan fingerprint density at radius 3 is 2.48 bits per heavy atom. The van der Waals surface area contributed by atoms with Gasteiger partial charge in [0.2, 0.25) is 15.9 Å². The van der Waals surface area contributed by atoms with Gasteiger partial charge in [-0.05, 0) is 64.8 Å². The summed E-state index contributed by atoms with van der Waals surface area (Å²) in [5, 5.41) is 2.74. The molecule has 0 saturated carbocycles. The van der Waals surface area contributed by atoms with Gasteiger partial charge >= 0.3 is 0 Å². The van der Waals surface area contributed by atoms with Gasteiger partial charge in [-0.3, -0.25) is 9.59 Å². The third kappa shape index (κ3) is 5.44. The summed E-state index contributed by atoms with van der Waals surface area (Å²) in [4.78, 5) is 25.9. The van der Waals surface area contributed by atoms with Crippen LogP contribution >= 0.6 is 31.9 Å². The molecule has 10 heteroatoms. The van der Waals surface area contributed by atoms with Crippen LogP contribution < -0.4 is 10.0 Å². The molecule has 3 rings (SSSR count). The number of sulfonamides is 1. The fraction of sp³-hybridized carbons (Fsp3) is 0.263. The molecule has 1 aliphatic heterocycles. The normalized spacial score (nSPS) is 17.3. The largest absolute Gasteiger partial charge is 0.346 e. The topological polar surface area (TPSA) is 95.6 Å². The van der Waals surface area contributed by atoms with Crippen LogP contribution in [0.15, 0.2) is 56.3 Å². The smallest absolute Gasteiger partial charge is 0.255 e. The maximum Gasteiger partial charge on any atom is 0.255 e. The molecule has 1 heterocycles. The summed E-state index contributed by atoms with van der Waals surface area (Å²) in [7, 11) is -2.23. The molecule has 0 spiro atoms. The molecule has 1 saturated heterocycles. The van der Waals surface area contributed by atoms with Crippen LogP contribution in [0.4, 0.5) is 5.69 Å². The number of nitrogens with one attached hydrogen (secondary N) is 2. The number of hydrogen-bond donors (Lipinski definition) is 2. The van der Waals surface area contributed by atoms with Gasteiger partial charge in [0, 0.05) is 46.3 Å². The number of piperidine rings is 1. The minimum Gasteiger partial charge on any atom is -0.346 e. The van der Waals surface area contributed by atoms with Gasteiger partial charge in [0.1, 0.15) is 0 Å². The Kier molecular flexibility index (Phi) is 6.77. The summed E-state index contributed by atoms with van der Waals surface area (Å²) in [6.07, 6.45) is 0.639. The van der Waals surface area contributed by atoms with Crippen LogP contribution in [-0.4, -0.2) is 44.8 Å². The molecule has 0 bridgehead atoms. The number of hydrogen-bond acceptors (Lipinski definition) is 4. The minimum absolute atomic E-state index is 0.0488. The Morgan fingerprint density at radius 1 is 1.14 bits per heavy atom. The molecule has 0 aromatic heterocycles. The van der Waals surface area contributed by atoms with Gasteiger partial charge in [0.25, 0.3) is 5.91 Å². The lowest BCUT2D eigenvalue weighted by atomic mass is 10.1. The van der Waals surface area contributed by atoms with Crippen molar-refractivity contribution < 1.29 is 18.0 Å². The van der Waals surface area contributed by atoms with E-state index in [2.05, 4.69) is 41.9 Å². The van der Waals surface area contributed by atoms with Gasteiger partial charge in [0.05, 0.1) is 4.90 Å². The van der Waals surface area contributed by atoms with Crippen LogP contribution in [0, 0.1) is 0 Å². The Balaban J connectivity index is 1.79. The molecule has 1 aliphatic rings. The van der Waals surface area contributed by atoms with E-state index in [0.29, 0.717) is 23.1 Å². The summed E-state index contributed by atoms with van der Waals surface area (Å²) in [6, 6.07) is 10.9. The lowest BCUT2D eigenvalue weighted by molar-refractivity contribution is -0.132. The fourth-order valence-electron chi connectivity index (χ4n) is 2.91. The predicted molar refractivity (Wildman–Crippen MR) is 117 cm³/mol. The molecule has 2 N–H and O–H groups in total. The average molecular weight is 545 g/mol. The number of halogens is 2. The van der Waals surface area contributed by atoms with Crippen molar-refractivity contribution in [2.75, 3.05) is 18.9 Å². The van der Waals surface area contributed by atoms with Crippen molar-refractivity contribution in [3.8, 4) is 0 Å². The van der Waals surface area contributed by atoms with Gasteiger partial charge in [-0.1, -0.05) is 15.9 Å². The zero-order valence-corrected chi connectivity index (χ0v) is 19.5. The van der Waals surface area contributed by atoms with E-state index in [0.717, 1.165) is 4.47 Å². The summed E-state index contributed by atoms with van der Waals surface area (Å²) in [5.74, 6) is -0.531. The highest BCUT2D eigenvalue weighted by molar-refractivity contribution is 9.10. The van der Waals surface area contributed by atoms with Crippen LogP contribution in [0.25, 0.3) is 0 Å². The lowest BCUT2D eigenvalue weighted by Gasteiger charge is -2.29. The SMILES string of the molecule is CN1CCC(NS(=O)(=O)c2cc(C(=O)Nc3ccc(Br)cc3)ccc2Br)CC1=O. The van der Waals surface area contributed by atoms with E-state index in [9.17, 15) is 18.0 Å². The number of carbonyl (C=O) groups excluding carboxylic acids is 2. The summed E-state index contributed by atoms with van der Waals surface area (Å²) >= 11 is 6.57. The zero-order chi connectivity index (χ0) is 21.2. The van der Waals surface area contributed by atoms with E-state index in [4.69, 9.17) is 0 Å². The molecule has 0 aliphatic carbocycles. The van der Waals surface area contributed by atoms with E-state index in [1.54, 1.807) is 36.2 Å². The summed E-state index contributed by atoms with van der Waals surface area (Å²) < 4.78 is 29.6. The monoisotopic (exact) mass is 543 g/mol. The first-order valence-electron chi connectivity index (χ1n) is 8.78. The second-order valence-corrected chi connectivity index (χ2v) is 10.2. The second-order valence-electron chi connectivity index (χ2n) is 6.73. The molecule has 1 atom stereocenters. The third-order valence-corrected chi connectivity index (χ3v) is 7.61. The van der Waals surface area contributed by atoms with Gasteiger partial charge in [-0.25, -0.2) is 13.1 Å². The maximum absolute atomic E-state index is 12.9. The average Bonchev–Trinajstić information content (AvgIpc) is 2.66. The number of carbonyl (C=O) groups is 2. The fourth-order valence-corrected chi connectivity index (χ4v) is 5.44. The van der Waals surface area contributed by atoms with Crippen molar-refractivity contribution >= 4 is 59.4 Å². The lowest BCUT2D eigenvalue weighted by Crippen LogP contribution is -2.46. The number of rotatable bonds is 5. The quantitative estimate of drug-likeness (QED) is 0.603. The molecule has 2 aromatic rings. The van der Waals surface area contributed by atoms with E-state index < -0.39 is 22.0 Å². The van der Waals surface area contributed by atoms with Gasteiger partial charge in [0.15, 0.2) is 0 Å². The Morgan fingerprint density at radius 2 is 1.83 bits per heavy atom.